The molecule has 30 heavy (non-hydrogen) atoms. The summed E-state index contributed by atoms with van der Waals surface area (Å²) >= 11 is 1.46. The largest absolute Gasteiger partial charge is 0.319 e. The molecule has 0 spiro atoms. The lowest BCUT2D eigenvalue weighted by Crippen LogP contribution is -2.37. The van der Waals surface area contributed by atoms with Gasteiger partial charge in [0.25, 0.3) is 5.91 Å². The van der Waals surface area contributed by atoms with E-state index in [0.717, 1.165) is 28.6 Å². The first-order valence-corrected chi connectivity index (χ1v) is 12.3. The minimum absolute atomic E-state index is 0.219. The van der Waals surface area contributed by atoms with Gasteiger partial charge in [0.1, 0.15) is 0 Å². The standard InChI is InChI=1S/C22H25N3O3S2/c1-15-10-12-25(13-11-15)30(27,28)18-7-5-17(6-8-18)21(26)23-22-24(3)19-9-4-16(2)14-20(19)29-22/h4-9,14-15H,10-13H2,1-3H3. The number of hydrogen-bond acceptors (Lipinski definition) is 4. The summed E-state index contributed by atoms with van der Waals surface area (Å²) in [5.74, 6) is 0.168. The SMILES string of the molecule is Cc1ccc2c(c1)sc(=NC(=O)c1ccc(S(=O)(=O)N3CCC(C)CC3)cc1)n2C. The zero-order chi connectivity index (χ0) is 21.5. The third-order valence-corrected chi connectivity index (χ3v) is 8.65. The van der Waals surface area contributed by atoms with Gasteiger partial charge >= 0.3 is 0 Å². The molecule has 2 heterocycles. The van der Waals surface area contributed by atoms with Crippen LogP contribution in [0.3, 0.4) is 0 Å². The Morgan fingerprint density at radius 1 is 1.10 bits per heavy atom. The summed E-state index contributed by atoms with van der Waals surface area (Å²) in [6.45, 7) is 5.26. The molecule has 158 valence electrons. The number of amides is 1. The van der Waals surface area contributed by atoms with Crippen LogP contribution in [0.5, 0.6) is 0 Å². The summed E-state index contributed by atoms with van der Waals surface area (Å²) in [4.78, 5) is 17.8. The highest BCUT2D eigenvalue weighted by molar-refractivity contribution is 7.89. The molecule has 8 heteroatoms. The van der Waals surface area contributed by atoms with Gasteiger partial charge in [-0.1, -0.05) is 24.3 Å². The molecule has 6 nitrogen and oxygen atoms in total. The average Bonchev–Trinajstić information content (AvgIpc) is 3.03. The minimum Gasteiger partial charge on any atom is -0.319 e. The molecule has 3 aromatic rings. The number of aromatic nitrogens is 1. The van der Waals surface area contributed by atoms with Gasteiger partial charge in [0.2, 0.25) is 10.0 Å². The maximum absolute atomic E-state index is 12.9. The fourth-order valence-electron chi connectivity index (χ4n) is 3.64. The van der Waals surface area contributed by atoms with E-state index in [1.807, 2.05) is 30.7 Å². The van der Waals surface area contributed by atoms with Crippen molar-refractivity contribution in [3.63, 3.8) is 0 Å². The van der Waals surface area contributed by atoms with Crippen LogP contribution >= 0.6 is 11.3 Å². The molecular formula is C22H25N3O3S2. The molecule has 0 radical (unpaired) electrons. The molecule has 0 N–H and O–H groups in total. The predicted octanol–water partition coefficient (Wildman–Crippen LogP) is 3.71. The highest BCUT2D eigenvalue weighted by Crippen LogP contribution is 2.24. The Morgan fingerprint density at radius 2 is 1.77 bits per heavy atom. The van der Waals surface area contributed by atoms with Crippen molar-refractivity contribution >= 4 is 37.5 Å². The molecular weight excluding hydrogens is 418 g/mol. The second-order valence-electron chi connectivity index (χ2n) is 7.94. The van der Waals surface area contributed by atoms with E-state index in [2.05, 4.69) is 18.0 Å². The molecule has 1 aliphatic heterocycles. The van der Waals surface area contributed by atoms with E-state index < -0.39 is 10.0 Å². The van der Waals surface area contributed by atoms with Crippen molar-refractivity contribution in [2.45, 2.75) is 31.6 Å². The van der Waals surface area contributed by atoms with Crippen LogP contribution in [0.2, 0.25) is 0 Å². The Bertz CT molecular complexity index is 1260. The summed E-state index contributed by atoms with van der Waals surface area (Å²) in [5, 5.41) is 0. The van der Waals surface area contributed by atoms with Crippen LogP contribution in [-0.2, 0) is 17.1 Å². The number of sulfonamides is 1. The van der Waals surface area contributed by atoms with Crippen molar-refractivity contribution in [3.8, 4) is 0 Å². The quantitative estimate of drug-likeness (QED) is 0.620. The third-order valence-electron chi connectivity index (χ3n) is 5.64. The summed E-state index contributed by atoms with van der Waals surface area (Å²) in [6.07, 6.45) is 1.75. The third kappa shape index (κ3) is 3.99. The molecule has 0 aliphatic carbocycles. The number of carbonyl (C=O) groups is 1. The van der Waals surface area contributed by atoms with Gasteiger partial charge in [0.15, 0.2) is 4.80 Å². The lowest BCUT2D eigenvalue weighted by molar-refractivity contribution is 0.0998. The average molecular weight is 444 g/mol. The molecule has 0 unspecified atom stereocenters. The first-order chi connectivity index (χ1) is 14.3. The predicted molar refractivity (Wildman–Crippen MR) is 119 cm³/mol. The number of benzene rings is 2. The zero-order valence-corrected chi connectivity index (χ0v) is 19.0. The fourth-order valence-corrected chi connectivity index (χ4v) is 6.23. The number of carbonyl (C=O) groups excluding carboxylic acids is 1. The van der Waals surface area contributed by atoms with E-state index in [0.29, 0.717) is 29.4 Å². The van der Waals surface area contributed by atoms with Gasteiger partial charge in [0, 0.05) is 25.7 Å². The Balaban J connectivity index is 1.59. The minimum atomic E-state index is -3.53. The van der Waals surface area contributed by atoms with E-state index in [4.69, 9.17) is 0 Å². The van der Waals surface area contributed by atoms with Crippen molar-refractivity contribution in [2.24, 2.45) is 18.0 Å². The number of rotatable bonds is 3. The normalized spacial score (nSPS) is 17.0. The van der Waals surface area contributed by atoms with Crippen LogP contribution in [0.1, 0.15) is 35.7 Å². The summed E-state index contributed by atoms with van der Waals surface area (Å²) in [7, 11) is -1.64. The van der Waals surface area contributed by atoms with Crippen molar-refractivity contribution in [2.75, 3.05) is 13.1 Å². The van der Waals surface area contributed by atoms with Crippen molar-refractivity contribution < 1.29 is 13.2 Å². The monoisotopic (exact) mass is 443 g/mol. The summed E-state index contributed by atoms with van der Waals surface area (Å²) in [5.41, 5.74) is 2.55. The molecule has 4 rings (SSSR count). The number of hydrogen-bond donors (Lipinski definition) is 0. The van der Waals surface area contributed by atoms with E-state index in [-0.39, 0.29) is 10.8 Å². The van der Waals surface area contributed by atoms with Crippen molar-refractivity contribution in [1.82, 2.24) is 8.87 Å². The van der Waals surface area contributed by atoms with E-state index in [1.54, 1.807) is 12.1 Å². The zero-order valence-electron chi connectivity index (χ0n) is 17.3. The first-order valence-electron chi connectivity index (χ1n) is 10.0. The van der Waals surface area contributed by atoms with Crippen molar-refractivity contribution in [1.29, 1.82) is 0 Å². The van der Waals surface area contributed by atoms with Gasteiger partial charge < -0.3 is 4.57 Å². The Labute approximate surface area is 180 Å². The highest BCUT2D eigenvalue weighted by Gasteiger charge is 2.28. The maximum Gasteiger partial charge on any atom is 0.279 e. The smallest absolute Gasteiger partial charge is 0.279 e. The summed E-state index contributed by atoms with van der Waals surface area (Å²) < 4.78 is 30.2. The summed E-state index contributed by atoms with van der Waals surface area (Å²) in [6, 6.07) is 12.2. The molecule has 1 fully saturated rings. The highest BCUT2D eigenvalue weighted by atomic mass is 32.2. The van der Waals surface area contributed by atoms with Crippen LogP contribution in [-0.4, -0.2) is 36.3 Å². The Morgan fingerprint density at radius 3 is 2.43 bits per heavy atom. The molecule has 0 saturated carbocycles. The molecule has 1 amide bonds. The maximum atomic E-state index is 12.9. The van der Waals surface area contributed by atoms with Crippen LogP contribution in [0.15, 0.2) is 52.4 Å². The molecule has 0 atom stereocenters. The lowest BCUT2D eigenvalue weighted by atomic mass is 10.0. The number of thiazole rings is 1. The van der Waals surface area contributed by atoms with Crippen LogP contribution < -0.4 is 4.80 Å². The number of fused-ring (bicyclic) bond motifs is 1. The first kappa shape index (κ1) is 21.0. The lowest BCUT2D eigenvalue weighted by Gasteiger charge is -2.29. The topological polar surface area (TPSA) is 71.7 Å². The van der Waals surface area contributed by atoms with E-state index in [9.17, 15) is 13.2 Å². The van der Waals surface area contributed by atoms with Crippen LogP contribution in [0, 0.1) is 12.8 Å². The van der Waals surface area contributed by atoms with Gasteiger partial charge in [-0.3, -0.25) is 4.79 Å². The molecule has 1 saturated heterocycles. The number of nitrogens with zero attached hydrogens (tertiary/aromatic N) is 3. The Hall–Kier alpha value is -2.29. The second-order valence-corrected chi connectivity index (χ2v) is 10.9. The Kier molecular flexibility index (Phi) is 5.65. The van der Waals surface area contributed by atoms with Crippen LogP contribution in [0.4, 0.5) is 0 Å². The van der Waals surface area contributed by atoms with Gasteiger partial charge in [-0.15, -0.1) is 0 Å². The van der Waals surface area contributed by atoms with Gasteiger partial charge in [-0.2, -0.15) is 9.30 Å². The van der Waals surface area contributed by atoms with E-state index >= 15 is 0 Å². The van der Waals surface area contributed by atoms with Gasteiger partial charge in [-0.05, 0) is 67.6 Å². The molecule has 1 aromatic heterocycles. The molecule has 2 aromatic carbocycles. The fraction of sp³-hybridized carbons (Fsp3) is 0.364. The van der Waals surface area contributed by atoms with Gasteiger partial charge in [0.05, 0.1) is 15.1 Å². The van der Waals surface area contributed by atoms with Crippen LogP contribution in [0.25, 0.3) is 10.2 Å². The number of aryl methyl sites for hydroxylation is 2. The molecule has 0 bridgehead atoms. The van der Waals surface area contributed by atoms with Gasteiger partial charge in [-0.25, -0.2) is 8.42 Å². The number of piperidine rings is 1. The van der Waals surface area contributed by atoms with E-state index in [1.165, 1.54) is 27.8 Å². The van der Waals surface area contributed by atoms with Crippen molar-refractivity contribution in [3.05, 3.63) is 58.4 Å². The second kappa shape index (κ2) is 8.09. The molecule has 1 aliphatic rings.